The highest BCUT2D eigenvalue weighted by molar-refractivity contribution is 5.69. The molecule has 0 heterocycles. The van der Waals surface area contributed by atoms with Crippen molar-refractivity contribution < 1.29 is 9.13 Å². The Hall–Kier alpha value is -2.07. The minimum atomic E-state index is -0.270. The van der Waals surface area contributed by atoms with Crippen LogP contribution < -0.4 is 15.4 Å². The van der Waals surface area contributed by atoms with Gasteiger partial charge in [0, 0.05) is 24.3 Å². The minimum Gasteiger partial charge on any atom is -0.496 e. The summed E-state index contributed by atoms with van der Waals surface area (Å²) in [6.07, 6.45) is 0. The molecule has 0 saturated heterocycles. The van der Waals surface area contributed by atoms with Gasteiger partial charge in [-0.3, -0.25) is 0 Å². The highest BCUT2D eigenvalue weighted by atomic mass is 19.1. The fourth-order valence-corrected chi connectivity index (χ4v) is 2.31. The van der Waals surface area contributed by atoms with Crippen molar-refractivity contribution in [1.82, 2.24) is 0 Å². The van der Waals surface area contributed by atoms with Gasteiger partial charge in [0.15, 0.2) is 0 Å². The first-order chi connectivity index (χ1) is 9.56. The minimum absolute atomic E-state index is 0.213. The Morgan fingerprint density at radius 2 is 1.75 bits per heavy atom. The molecule has 0 aliphatic rings. The summed E-state index contributed by atoms with van der Waals surface area (Å²) in [5.41, 5.74) is 8.25. The number of rotatable bonds is 4. The van der Waals surface area contributed by atoms with Gasteiger partial charge in [0.25, 0.3) is 0 Å². The molecule has 1 unspecified atom stereocenters. The lowest BCUT2D eigenvalue weighted by Crippen LogP contribution is -2.17. The Kier molecular flexibility index (Phi) is 4.25. The van der Waals surface area contributed by atoms with Crippen molar-refractivity contribution in [3.8, 4) is 5.75 Å². The first-order valence-corrected chi connectivity index (χ1v) is 6.47. The number of ether oxygens (including phenoxy) is 1. The molecule has 2 rings (SSSR count). The van der Waals surface area contributed by atoms with Gasteiger partial charge in [-0.05, 0) is 31.2 Å². The predicted molar refractivity (Wildman–Crippen MR) is 80.1 cm³/mol. The number of para-hydroxylation sites is 1. The lowest BCUT2D eigenvalue weighted by atomic mass is 10.0. The summed E-state index contributed by atoms with van der Waals surface area (Å²) in [6.45, 7) is 1.89. The second kappa shape index (κ2) is 5.92. The molecule has 0 fully saturated rings. The Labute approximate surface area is 118 Å². The highest BCUT2D eigenvalue weighted by Gasteiger charge is 2.18. The first-order valence-electron chi connectivity index (χ1n) is 6.47. The van der Waals surface area contributed by atoms with Gasteiger partial charge in [0.2, 0.25) is 0 Å². The van der Waals surface area contributed by atoms with E-state index in [1.54, 1.807) is 30.2 Å². The Morgan fingerprint density at radius 1 is 1.10 bits per heavy atom. The molecule has 0 aliphatic heterocycles. The summed E-state index contributed by atoms with van der Waals surface area (Å²) >= 11 is 0. The van der Waals surface area contributed by atoms with Crippen LogP contribution in [0.4, 0.5) is 15.8 Å². The highest BCUT2D eigenvalue weighted by Crippen LogP contribution is 2.36. The number of hydrogen-bond donors (Lipinski definition) is 1. The van der Waals surface area contributed by atoms with Gasteiger partial charge in [-0.2, -0.15) is 0 Å². The topological polar surface area (TPSA) is 38.5 Å². The van der Waals surface area contributed by atoms with Gasteiger partial charge in [-0.15, -0.1) is 0 Å². The number of halogens is 1. The van der Waals surface area contributed by atoms with Crippen molar-refractivity contribution in [2.75, 3.05) is 19.1 Å². The van der Waals surface area contributed by atoms with E-state index in [1.807, 2.05) is 32.2 Å². The lowest BCUT2D eigenvalue weighted by Gasteiger charge is -2.25. The molecule has 1 atom stereocenters. The monoisotopic (exact) mass is 274 g/mol. The molecular formula is C16H19FN2O. The van der Waals surface area contributed by atoms with E-state index in [0.29, 0.717) is 11.4 Å². The summed E-state index contributed by atoms with van der Waals surface area (Å²) in [4.78, 5) is 1.79. The summed E-state index contributed by atoms with van der Waals surface area (Å²) in [7, 11) is 3.42. The van der Waals surface area contributed by atoms with Crippen LogP contribution >= 0.6 is 0 Å². The van der Waals surface area contributed by atoms with Crippen molar-refractivity contribution in [2.45, 2.75) is 13.0 Å². The first kappa shape index (κ1) is 14.3. The molecule has 4 heteroatoms. The van der Waals surface area contributed by atoms with Gasteiger partial charge in [0.05, 0.1) is 12.8 Å². The van der Waals surface area contributed by atoms with E-state index in [0.717, 1.165) is 11.3 Å². The molecule has 0 radical (unpaired) electrons. The standard InChI is InChI=1S/C16H19FN2O/c1-11(18)16-14(9-6-10-15(16)20-3)19(2)13-8-5-4-7-12(13)17/h4-11H,18H2,1-3H3. The van der Waals surface area contributed by atoms with Gasteiger partial charge in [-0.25, -0.2) is 4.39 Å². The maximum Gasteiger partial charge on any atom is 0.146 e. The molecule has 0 aromatic heterocycles. The van der Waals surface area contributed by atoms with Crippen LogP contribution in [0, 0.1) is 5.82 Å². The lowest BCUT2D eigenvalue weighted by molar-refractivity contribution is 0.407. The zero-order valence-corrected chi connectivity index (χ0v) is 11.9. The maximum absolute atomic E-state index is 13.9. The van der Waals surface area contributed by atoms with Crippen LogP contribution in [0.2, 0.25) is 0 Å². The van der Waals surface area contributed by atoms with E-state index in [2.05, 4.69) is 0 Å². The van der Waals surface area contributed by atoms with E-state index >= 15 is 0 Å². The molecule has 2 aromatic carbocycles. The summed E-state index contributed by atoms with van der Waals surface area (Å²) in [5, 5.41) is 0. The normalized spacial score (nSPS) is 12.1. The van der Waals surface area contributed by atoms with Crippen LogP contribution in [0.25, 0.3) is 0 Å². The second-order valence-electron chi connectivity index (χ2n) is 4.69. The van der Waals surface area contributed by atoms with Crippen LogP contribution in [-0.4, -0.2) is 14.2 Å². The van der Waals surface area contributed by atoms with E-state index in [4.69, 9.17) is 10.5 Å². The third kappa shape index (κ3) is 2.60. The third-order valence-electron chi connectivity index (χ3n) is 3.29. The number of anilines is 2. The van der Waals surface area contributed by atoms with Crippen molar-refractivity contribution in [1.29, 1.82) is 0 Å². The van der Waals surface area contributed by atoms with Crippen LogP contribution in [0.1, 0.15) is 18.5 Å². The van der Waals surface area contributed by atoms with Gasteiger partial charge >= 0.3 is 0 Å². The van der Waals surface area contributed by atoms with E-state index in [9.17, 15) is 4.39 Å². The Morgan fingerprint density at radius 3 is 2.35 bits per heavy atom. The quantitative estimate of drug-likeness (QED) is 0.925. The van der Waals surface area contributed by atoms with Crippen molar-refractivity contribution in [3.63, 3.8) is 0 Å². The zero-order chi connectivity index (χ0) is 14.7. The largest absolute Gasteiger partial charge is 0.496 e. The van der Waals surface area contributed by atoms with Crippen LogP contribution in [0.5, 0.6) is 5.75 Å². The maximum atomic E-state index is 13.9. The molecule has 0 saturated carbocycles. The molecule has 0 bridgehead atoms. The average molecular weight is 274 g/mol. The molecule has 106 valence electrons. The molecule has 3 nitrogen and oxygen atoms in total. The van der Waals surface area contributed by atoms with E-state index < -0.39 is 0 Å². The number of hydrogen-bond acceptors (Lipinski definition) is 3. The molecule has 2 aromatic rings. The van der Waals surface area contributed by atoms with Gasteiger partial charge in [-0.1, -0.05) is 18.2 Å². The molecular weight excluding hydrogens is 255 g/mol. The van der Waals surface area contributed by atoms with Crippen LogP contribution in [0.3, 0.4) is 0 Å². The van der Waals surface area contributed by atoms with Gasteiger partial charge in [0.1, 0.15) is 11.6 Å². The fourth-order valence-electron chi connectivity index (χ4n) is 2.31. The molecule has 0 spiro atoms. The van der Waals surface area contributed by atoms with E-state index in [-0.39, 0.29) is 11.9 Å². The smallest absolute Gasteiger partial charge is 0.146 e. The van der Waals surface area contributed by atoms with Crippen molar-refractivity contribution >= 4 is 11.4 Å². The molecule has 2 N–H and O–H groups in total. The zero-order valence-electron chi connectivity index (χ0n) is 11.9. The predicted octanol–water partition coefficient (Wildman–Crippen LogP) is 3.62. The van der Waals surface area contributed by atoms with Gasteiger partial charge < -0.3 is 15.4 Å². The molecule has 20 heavy (non-hydrogen) atoms. The number of methoxy groups -OCH3 is 1. The summed E-state index contributed by atoms with van der Waals surface area (Å²) in [5.74, 6) is 0.439. The summed E-state index contributed by atoms with van der Waals surface area (Å²) in [6, 6.07) is 12.1. The number of nitrogens with two attached hydrogens (primary N) is 1. The molecule has 0 aliphatic carbocycles. The Bertz CT molecular complexity index is 599. The van der Waals surface area contributed by atoms with Crippen molar-refractivity contribution in [3.05, 3.63) is 53.8 Å². The van der Waals surface area contributed by atoms with E-state index in [1.165, 1.54) is 6.07 Å². The number of benzene rings is 2. The Balaban J connectivity index is 2.55. The molecule has 0 amide bonds. The van der Waals surface area contributed by atoms with Crippen LogP contribution in [-0.2, 0) is 0 Å². The summed E-state index contributed by atoms with van der Waals surface area (Å²) < 4.78 is 19.3. The second-order valence-corrected chi connectivity index (χ2v) is 4.69. The SMILES string of the molecule is COc1cccc(N(C)c2ccccc2F)c1C(C)N. The number of nitrogens with zero attached hydrogens (tertiary/aromatic N) is 1. The van der Waals surface area contributed by atoms with Crippen molar-refractivity contribution in [2.24, 2.45) is 5.73 Å². The fraction of sp³-hybridized carbons (Fsp3) is 0.250. The third-order valence-corrected chi connectivity index (χ3v) is 3.29. The van der Waals surface area contributed by atoms with Crippen LogP contribution in [0.15, 0.2) is 42.5 Å². The average Bonchev–Trinajstić information content (AvgIpc) is 2.46.